The number of carbonyl (C=O) groups is 4. The first kappa shape index (κ1) is 95.3. The molecule has 0 aromatic heterocycles. The average molecular weight is 1430 g/mol. The number of aliphatic hydroxyl groups excluding tert-OH is 1. The number of allylic oxidation sites excluding steroid dienone is 6. The Morgan fingerprint density at radius 1 is 0.276 bits per heavy atom. The predicted octanol–water partition coefficient (Wildman–Crippen LogP) is 23.1. The number of hydrogen-bond donors (Lipinski definition) is 3. The van der Waals surface area contributed by atoms with Crippen LogP contribution in [0.15, 0.2) is 36.5 Å². The van der Waals surface area contributed by atoms with E-state index in [0.717, 1.165) is 148 Å². The van der Waals surface area contributed by atoms with E-state index in [9.17, 15) is 43.2 Å². The van der Waals surface area contributed by atoms with Crippen LogP contribution in [0.25, 0.3) is 0 Å². The Hall–Kier alpha value is -2.72. The summed E-state index contributed by atoms with van der Waals surface area (Å²) in [5.41, 5.74) is 0. The lowest BCUT2D eigenvalue weighted by Gasteiger charge is -2.21. The lowest BCUT2D eigenvalue weighted by atomic mass is 10.0. The lowest BCUT2D eigenvalue weighted by molar-refractivity contribution is -0.161. The van der Waals surface area contributed by atoms with E-state index in [0.29, 0.717) is 25.7 Å². The fraction of sp³-hybridized carbons (Fsp3) is 0.873. The highest BCUT2D eigenvalue weighted by Gasteiger charge is 2.30. The highest BCUT2D eigenvalue weighted by atomic mass is 31.2. The van der Waals surface area contributed by atoms with Crippen molar-refractivity contribution in [3.63, 3.8) is 0 Å². The van der Waals surface area contributed by atoms with Crippen LogP contribution in [0.4, 0.5) is 0 Å². The summed E-state index contributed by atoms with van der Waals surface area (Å²) in [6, 6.07) is 0. The molecule has 0 rings (SSSR count). The van der Waals surface area contributed by atoms with Gasteiger partial charge in [-0.3, -0.25) is 37.3 Å². The Balaban J connectivity index is 5.31. The molecule has 0 aromatic rings. The molecule has 0 amide bonds. The van der Waals surface area contributed by atoms with Crippen LogP contribution in [0.5, 0.6) is 0 Å². The fourth-order valence-electron chi connectivity index (χ4n) is 11.4. The molecule has 3 N–H and O–H groups in total. The van der Waals surface area contributed by atoms with Gasteiger partial charge in [-0.25, -0.2) is 9.13 Å². The van der Waals surface area contributed by atoms with E-state index in [1.165, 1.54) is 161 Å². The zero-order valence-electron chi connectivity index (χ0n) is 63.0. The third-order valence-electron chi connectivity index (χ3n) is 17.6. The quantitative estimate of drug-likeness (QED) is 0.0169. The highest BCUT2D eigenvalue weighted by molar-refractivity contribution is 7.47. The number of phosphoric ester groups is 2. The van der Waals surface area contributed by atoms with Gasteiger partial charge in [0.2, 0.25) is 0 Å². The topological polar surface area (TPSA) is 237 Å². The minimum absolute atomic E-state index is 0.0928. The van der Waals surface area contributed by atoms with Crippen molar-refractivity contribution in [2.75, 3.05) is 39.6 Å². The molecular formula is C79H148O17P2. The van der Waals surface area contributed by atoms with Crippen molar-refractivity contribution in [3.05, 3.63) is 36.5 Å². The number of aliphatic hydroxyl groups is 1. The molecule has 98 heavy (non-hydrogen) atoms. The third kappa shape index (κ3) is 71.7. The van der Waals surface area contributed by atoms with Crippen LogP contribution >= 0.6 is 15.6 Å². The van der Waals surface area contributed by atoms with E-state index in [1.54, 1.807) is 0 Å². The largest absolute Gasteiger partial charge is 0.472 e. The van der Waals surface area contributed by atoms with Gasteiger partial charge >= 0.3 is 39.5 Å². The number of carbonyl (C=O) groups excluding carboxylic acids is 4. The standard InChI is InChI=1S/C79H148O17P2/c1-5-9-13-17-21-25-29-33-36-40-44-48-52-56-60-64-77(82)90-70-75(96-79(84)66-62-58-54-50-46-42-38-35-31-27-23-19-15-11-7-3)72-94-98(87,88)92-68-73(80)67-91-97(85,86)93-71-74(69-89-76(81)63-59-55-51-47-43-39-32-28-24-20-16-12-8-4)95-78(83)65-61-57-53-49-45-41-37-34-30-26-22-18-14-10-6-2/h25,27,29,31,34,37,73-75,80H,5-24,26,28,30,32-33,35-36,38-72H2,1-4H3,(H,85,86)(H,87,88)/b29-25-,31-27-,37-34-/t73-,74+,75+/m0/s1. The molecule has 0 saturated heterocycles. The molecule has 0 aromatic carbocycles. The highest BCUT2D eigenvalue weighted by Crippen LogP contribution is 2.45. The summed E-state index contributed by atoms with van der Waals surface area (Å²) in [5, 5.41) is 10.6. The number of rotatable bonds is 77. The summed E-state index contributed by atoms with van der Waals surface area (Å²) >= 11 is 0. The lowest BCUT2D eigenvalue weighted by Crippen LogP contribution is -2.30. The maximum atomic E-state index is 13.1. The number of ether oxygens (including phenoxy) is 4. The van der Waals surface area contributed by atoms with Crippen LogP contribution in [-0.4, -0.2) is 96.7 Å². The maximum absolute atomic E-state index is 13.1. The fourth-order valence-corrected chi connectivity index (χ4v) is 13.0. The maximum Gasteiger partial charge on any atom is 0.472 e. The van der Waals surface area contributed by atoms with Crippen LogP contribution in [-0.2, 0) is 65.4 Å². The van der Waals surface area contributed by atoms with Crippen molar-refractivity contribution in [1.29, 1.82) is 0 Å². The van der Waals surface area contributed by atoms with Gasteiger partial charge in [0.05, 0.1) is 26.4 Å². The summed E-state index contributed by atoms with van der Waals surface area (Å²) in [6.45, 7) is 4.92. The average Bonchev–Trinajstić information content (AvgIpc) is 1.04. The number of hydrogen-bond acceptors (Lipinski definition) is 15. The number of phosphoric acid groups is 2. The molecule has 0 aliphatic rings. The van der Waals surface area contributed by atoms with Crippen molar-refractivity contribution in [3.8, 4) is 0 Å². The van der Waals surface area contributed by atoms with Crippen molar-refractivity contribution in [2.24, 2.45) is 0 Å². The summed E-state index contributed by atoms with van der Waals surface area (Å²) in [5.74, 6) is -2.15. The monoisotopic (exact) mass is 1430 g/mol. The van der Waals surface area contributed by atoms with Gasteiger partial charge in [-0.2, -0.15) is 0 Å². The Kier molecular flexibility index (Phi) is 70.6. The van der Waals surface area contributed by atoms with Crippen LogP contribution in [0, 0.1) is 0 Å². The zero-order chi connectivity index (χ0) is 71.8. The van der Waals surface area contributed by atoms with Gasteiger partial charge in [0.1, 0.15) is 19.3 Å². The van der Waals surface area contributed by atoms with Crippen molar-refractivity contribution in [1.82, 2.24) is 0 Å². The minimum Gasteiger partial charge on any atom is -0.462 e. The normalized spacial score (nSPS) is 14.1. The van der Waals surface area contributed by atoms with E-state index in [2.05, 4.69) is 64.2 Å². The molecule has 5 atom stereocenters. The smallest absolute Gasteiger partial charge is 0.462 e. The Morgan fingerprint density at radius 2 is 0.469 bits per heavy atom. The zero-order valence-corrected chi connectivity index (χ0v) is 64.8. The van der Waals surface area contributed by atoms with Crippen LogP contribution in [0.3, 0.4) is 0 Å². The molecule has 2 unspecified atom stereocenters. The molecule has 0 fully saturated rings. The second-order valence-corrected chi connectivity index (χ2v) is 30.3. The van der Waals surface area contributed by atoms with E-state index >= 15 is 0 Å². The SMILES string of the molecule is CCCCCC/C=C\CCCCCCCCCC(=O)OC[C@H](COP(=O)(O)OC[C@@H](O)COP(=O)(O)OC[C@@H](COC(=O)CCCCCCCCCCCCCCC)OC(=O)CCCCCCC/C=C\CCCCCCCC)OC(=O)CCCCCCCCC/C=C\CCCCCC. The van der Waals surface area contributed by atoms with Gasteiger partial charge in [0.15, 0.2) is 12.2 Å². The van der Waals surface area contributed by atoms with Crippen LogP contribution in [0.2, 0.25) is 0 Å². The molecule has 0 aliphatic heterocycles. The molecule has 17 nitrogen and oxygen atoms in total. The Morgan fingerprint density at radius 3 is 0.714 bits per heavy atom. The first-order chi connectivity index (χ1) is 47.7. The Bertz CT molecular complexity index is 2000. The van der Waals surface area contributed by atoms with Crippen molar-refractivity contribution in [2.45, 2.75) is 406 Å². The van der Waals surface area contributed by atoms with E-state index in [4.69, 9.17) is 37.0 Å². The number of unbranched alkanes of at least 4 members (excludes halogenated alkanes) is 45. The predicted molar refractivity (Wildman–Crippen MR) is 400 cm³/mol. The summed E-state index contributed by atoms with van der Waals surface area (Å²) in [7, 11) is -9.93. The van der Waals surface area contributed by atoms with Crippen molar-refractivity contribution >= 4 is 39.5 Å². The van der Waals surface area contributed by atoms with Gasteiger partial charge in [0, 0.05) is 25.7 Å². The van der Waals surface area contributed by atoms with Crippen molar-refractivity contribution < 1.29 is 80.2 Å². The van der Waals surface area contributed by atoms with E-state index in [-0.39, 0.29) is 25.7 Å². The van der Waals surface area contributed by atoms with E-state index in [1.807, 2.05) is 0 Å². The molecule has 0 spiro atoms. The summed E-state index contributed by atoms with van der Waals surface area (Å²) in [4.78, 5) is 72.9. The van der Waals surface area contributed by atoms with Gasteiger partial charge < -0.3 is 33.8 Å². The second kappa shape index (κ2) is 72.6. The molecule has 0 heterocycles. The number of esters is 4. The van der Waals surface area contributed by atoms with Gasteiger partial charge in [-0.1, -0.05) is 295 Å². The third-order valence-corrected chi connectivity index (χ3v) is 19.5. The summed E-state index contributed by atoms with van der Waals surface area (Å²) in [6.07, 6.45) is 68.3. The van der Waals surface area contributed by atoms with Gasteiger partial charge in [-0.05, 0) is 103 Å². The molecular weight excluding hydrogens is 1280 g/mol. The molecule has 576 valence electrons. The summed E-state index contributed by atoms with van der Waals surface area (Å²) < 4.78 is 68.6. The molecule has 0 bridgehead atoms. The first-order valence-electron chi connectivity index (χ1n) is 40.2. The first-order valence-corrected chi connectivity index (χ1v) is 43.2. The molecule has 0 saturated carbocycles. The van der Waals surface area contributed by atoms with E-state index < -0.39 is 97.5 Å². The van der Waals surface area contributed by atoms with Gasteiger partial charge in [0.25, 0.3) is 0 Å². The molecule has 0 radical (unpaired) electrons. The van der Waals surface area contributed by atoms with Crippen LogP contribution < -0.4 is 0 Å². The minimum atomic E-state index is -4.97. The van der Waals surface area contributed by atoms with Crippen LogP contribution in [0.1, 0.15) is 387 Å². The van der Waals surface area contributed by atoms with Gasteiger partial charge in [-0.15, -0.1) is 0 Å². The Labute approximate surface area is 598 Å². The molecule has 19 heteroatoms. The second-order valence-electron chi connectivity index (χ2n) is 27.4. The molecule has 0 aliphatic carbocycles.